The highest BCUT2D eigenvalue weighted by Gasteiger charge is 2.27. The van der Waals surface area contributed by atoms with Crippen LogP contribution in [0.4, 0.5) is 5.69 Å². The predicted molar refractivity (Wildman–Crippen MR) is 142 cm³/mol. The second-order valence-corrected chi connectivity index (χ2v) is 10.3. The first-order chi connectivity index (χ1) is 17.1. The number of methoxy groups -OCH3 is 2. The quantitative estimate of drug-likeness (QED) is 0.321. The van der Waals surface area contributed by atoms with E-state index in [2.05, 4.69) is 24.4 Å². The van der Waals surface area contributed by atoms with Gasteiger partial charge in [0.1, 0.15) is 18.0 Å². The van der Waals surface area contributed by atoms with Gasteiger partial charge in [-0.2, -0.15) is 5.10 Å². The molecule has 0 heterocycles. The molecule has 0 aliphatic heterocycles. The van der Waals surface area contributed by atoms with Crippen molar-refractivity contribution in [2.45, 2.75) is 31.6 Å². The van der Waals surface area contributed by atoms with E-state index in [-0.39, 0.29) is 10.8 Å². The Hall–Kier alpha value is -3.85. The number of sulfonamides is 1. The van der Waals surface area contributed by atoms with Gasteiger partial charge in [-0.3, -0.25) is 9.10 Å². The summed E-state index contributed by atoms with van der Waals surface area (Å²) < 4.78 is 38.6. The van der Waals surface area contributed by atoms with E-state index >= 15 is 0 Å². The van der Waals surface area contributed by atoms with Crippen LogP contribution in [0.5, 0.6) is 11.5 Å². The number of nitrogens with zero attached hydrogens (tertiary/aromatic N) is 2. The molecule has 3 aromatic rings. The van der Waals surface area contributed by atoms with Gasteiger partial charge < -0.3 is 9.47 Å². The van der Waals surface area contributed by atoms with Crippen molar-refractivity contribution in [1.82, 2.24) is 5.43 Å². The summed E-state index contributed by atoms with van der Waals surface area (Å²) in [4.78, 5) is 12.9. The van der Waals surface area contributed by atoms with Crippen molar-refractivity contribution in [3.05, 3.63) is 83.4 Å². The van der Waals surface area contributed by atoms with Gasteiger partial charge in [-0.05, 0) is 54.8 Å². The van der Waals surface area contributed by atoms with Gasteiger partial charge >= 0.3 is 0 Å². The molecule has 0 bridgehead atoms. The van der Waals surface area contributed by atoms with Gasteiger partial charge in [0.15, 0.2) is 0 Å². The topological polar surface area (TPSA) is 97.3 Å². The van der Waals surface area contributed by atoms with Crippen LogP contribution in [0.15, 0.2) is 76.7 Å². The standard InChI is InChI=1S/C27H31N3O5S/c1-19(2)21-8-11-23(12-9-21)30(36(32,33)25-14-6-20(3)7-15-25)18-27(31)29-28-17-22-10-13-24(34-4)16-26(22)35-5/h6-17,19H,18H2,1-5H3,(H,29,31)/b28-17-. The molecule has 1 amide bonds. The number of aryl methyl sites for hydroxylation is 1. The fourth-order valence-corrected chi connectivity index (χ4v) is 4.86. The fraction of sp³-hybridized carbons (Fsp3) is 0.259. The molecule has 0 aromatic heterocycles. The first kappa shape index (κ1) is 26.7. The molecular weight excluding hydrogens is 478 g/mol. The van der Waals surface area contributed by atoms with Crippen LogP contribution in [-0.2, 0) is 14.8 Å². The average Bonchev–Trinajstić information content (AvgIpc) is 2.87. The third-order valence-electron chi connectivity index (χ3n) is 5.58. The normalized spacial score (nSPS) is 11.5. The van der Waals surface area contributed by atoms with Gasteiger partial charge in [-0.1, -0.05) is 43.7 Å². The van der Waals surface area contributed by atoms with E-state index in [0.29, 0.717) is 22.7 Å². The number of ether oxygens (including phenoxy) is 2. The molecule has 0 fully saturated rings. The van der Waals surface area contributed by atoms with Crippen LogP contribution in [0, 0.1) is 6.92 Å². The van der Waals surface area contributed by atoms with E-state index in [1.165, 1.54) is 25.5 Å². The Labute approximate surface area is 212 Å². The van der Waals surface area contributed by atoms with Crippen LogP contribution >= 0.6 is 0 Å². The van der Waals surface area contributed by atoms with Gasteiger partial charge in [0.25, 0.3) is 15.9 Å². The lowest BCUT2D eigenvalue weighted by atomic mass is 10.0. The minimum atomic E-state index is -4.01. The molecule has 9 heteroatoms. The zero-order valence-corrected chi connectivity index (χ0v) is 21.9. The van der Waals surface area contributed by atoms with Gasteiger partial charge in [0.05, 0.1) is 31.0 Å². The van der Waals surface area contributed by atoms with Crippen LogP contribution in [0.1, 0.15) is 36.5 Å². The number of hydrogen-bond donors (Lipinski definition) is 1. The second kappa shape index (κ2) is 11.7. The number of hydrazone groups is 1. The zero-order valence-electron chi connectivity index (χ0n) is 21.1. The Morgan fingerprint density at radius 1 is 1.00 bits per heavy atom. The van der Waals surface area contributed by atoms with Crippen molar-refractivity contribution in [3.8, 4) is 11.5 Å². The molecule has 0 aliphatic rings. The monoisotopic (exact) mass is 509 g/mol. The minimum absolute atomic E-state index is 0.0975. The molecule has 8 nitrogen and oxygen atoms in total. The highest BCUT2D eigenvalue weighted by Crippen LogP contribution is 2.26. The fourth-order valence-electron chi connectivity index (χ4n) is 3.44. The molecule has 1 N–H and O–H groups in total. The number of benzene rings is 3. The minimum Gasteiger partial charge on any atom is -0.497 e. The lowest BCUT2D eigenvalue weighted by molar-refractivity contribution is -0.119. The molecule has 3 aromatic carbocycles. The SMILES string of the molecule is COc1ccc(/C=N\NC(=O)CN(c2ccc(C(C)C)cc2)S(=O)(=O)c2ccc(C)cc2)c(OC)c1. The Bertz CT molecular complexity index is 1320. The molecule has 36 heavy (non-hydrogen) atoms. The molecule has 0 radical (unpaired) electrons. The molecule has 0 saturated heterocycles. The molecular formula is C27H31N3O5S. The maximum absolute atomic E-state index is 13.5. The Morgan fingerprint density at radius 3 is 2.25 bits per heavy atom. The van der Waals surface area contributed by atoms with Crippen molar-refractivity contribution >= 4 is 27.8 Å². The Kier molecular flexibility index (Phi) is 8.71. The predicted octanol–water partition coefficient (Wildman–Crippen LogP) is 4.48. The summed E-state index contributed by atoms with van der Waals surface area (Å²) in [5.41, 5.74) is 5.41. The summed E-state index contributed by atoms with van der Waals surface area (Å²) >= 11 is 0. The number of hydrogen-bond acceptors (Lipinski definition) is 6. The zero-order chi connectivity index (χ0) is 26.3. The second-order valence-electron chi connectivity index (χ2n) is 8.47. The lowest BCUT2D eigenvalue weighted by Gasteiger charge is -2.24. The maximum Gasteiger partial charge on any atom is 0.264 e. The summed E-state index contributed by atoms with van der Waals surface area (Å²) in [5, 5.41) is 3.99. The number of carbonyl (C=O) groups is 1. The molecule has 3 rings (SSSR count). The molecule has 0 spiro atoms. The van der Waals surface area contributed by atoms with Crippen molar-refractivity contribution in [2.75, 3.05) is 25.1 Å². The number of carbonyl (C=O) groups excluding carboxylic acids is 1. The molecule has 0 unspecified atom stereocenters. The molecule has 0 saturated carbocycles. The Balaban J connectivity index is 1.85. The first-order valence-electron chi connectivity index (χ1n) is 11.4. The van der Waals surface area contributed by atoms with E-state index in [4.69, 9.17) is 9.47 Å². The summed E-state index contributed by atoms with van der Waals surface area (Å²) in [5.74, 6) is 0.825. The number of rotatable bonds is 10. The molecule has 190 valence electrons. The number of amides is 1. The van der Waals surface area contributed by atoms with Crippen LogP contribution in [0.2, 0.25) is 0 Å². The van der Waals surface area contributed by atoms with Gasteiger partial charge in [0, 0.05) is 11.6 Å². The lowest BCUT2D eigenvalue weighted by Crippen LogP contribution is -2.39. The van der Waals surface area contributed by atoms with Crippen LogP contribution in [0.3, 0.4) is 0 Å². The van der Waals surface area contributed by atoms with E-state index in [9.17, 15) is 13.2 Å². The number of nitrogens with one attached hydrogen (secondary N) is 1. The van der Waals surface area contributed by atoms with Crippen LogP contribution < -0.4 is 19.2 Å². The highest BCUT2D eigenvalue weighted by molar-refractivity contribution is 7.92. The summed E-state index contributed by atoms with van der Waals surface area (Å²) in [6, 6.07) is 18.8. The summed E-state index contributed by atoms with van der Waals surface area (Å²) in [7, 11) is -0.940. The third-order valence-corrected chi connectivity index (χ3v) is 7.37. The average molecular weight is 510 g/mol. The van der Waals surface area contributed by atoms with Gasteiger partial charge in [-0.15, -0.1) is 0 Å². The largest absolute Gasteiger partial charge is 0.497 e. The van der Waals surface area contributed by atoms with Crippen molar-refractivity contribution < 1.29 is 22.7 Å². The third kappa shape index (κ3) is 6.42. The summed E-state index contributed by atoms with van der Waals surface area (Å²) in [6.07, 6.45) is 1.42. The van der Waals surface area contributed by atoms with Crippen LogP contribution in [-0.4, -0.2) is 41.3 Å². The van der Waals surface area contributed by atoms with E-state index in [1.807, 2.05) is 19.1 Å². The molecule has 0 atom stereocenters. The van der Waals surface area contributed by atoms with Gasteiger partial charge in [-0.25, -0.2) is 13.8 Å². The maximum atomic E-state index is 13.5. The first-order valence-corrected chi connectivity index (χ1v) is 12.8. The Morgan fingerprint density at radius 2 is 1.67 bits per heavy atom. The number of anilines is 1. The van der Waals surface area contributed by atoms with E-state index < -0.39 is 22.5 Å². The smallest absolute Gasteiger partial charge is 0.264 e. The van der Waals surface area contributed by atoms with Crippen molar-refractivity contribution in [1.29, 1.82) is 0 Å². The van der Waals surface area contributed by atoms with Crippen LogP contribution in [0.25, 0.3) is 0 Å². The highest BCUT2D eigenvalue weighted by atomic mass is 32.2. The van der Waals surface area contributed by atoms with Crippen molar-refractivity contribution in [2.24, 2.45) is 5.10 Å². The van der Waals surface area contributed by atoms with Crippen molar-refractivity contribution in [3.63, 3.8) is 0 Å². The van der Waals surface area contributed by atoms with E-state index in [1.54, 1.807) is 49.6 Å². The molecule has 0 aliphatic carbocycles. The van der Waals surface area contributed by atoms with E-state index in [0.717, 1.165) is 15.4 Å². The van der Waals surface area contributed by atoms with Gasteiger partial charge in [0.2, 0.25) is 0 Å². The summed E-state index contributed by atoms with van der Waals surface area (Å²) in [6.45, 7) is 5.54.